The van der Waals surface area contributed by atoms with E-state index in [0.29, 0.717) is 29.1 Å². The number of aliphatic hydroxyl groups is 1. The first-order chi connectivity index (χ1) is 17.2. The molecule has 3 N–H and O–H groups in total. The van der Waals surface area contributed by atoms with Gasteiger partial charge in [0.05, 0.1) is 24.9 Å². The van der Waals surface area contributed by atoms with Crippen LogP contribution in [0.15, 0.2) is 60.3 Å². The lowest BCUT2D eigenvalue weighted by Crippen LogP contribution is -2.32. The third-order valence-corrected chi connectivity index (χ3v) is 6.19. The van der Waals surface area contributed by atoms with E-state index in [1.165, 1.54) is 25.4 Å². The van der Waals surface area contributed by atoms with Crippen molar-refractivity contribution in [2.75, 3.05) is 19.0 Å². The van der Waals surface area contributed by atoms with Crippen molar-refractivity contribution in [1.82, 2.24) is 15.1 Å². The minimum absolute atomic E-state index is 0.0928. The van der Waals surface area contributed by atoms with Crippen molar-refractivity contribution in [3.8, 4) is 11.3 Å². The zero-order valence-corrected chi connectivity index (χ0v) is 20.4. The van der Waals surface area contributed by atoms with E-state index in [1.807, 2.05) is 38.1 Å². The Bertz CT molecular complexity index is 1300. The molecule has 0 radical (unpaired) electrons. The Morgan fingerprint density at radius 2 is 2.00 bits per heavy atom. The lowest BCUT2D eigenvalue weighted by Gasteiger charge is -2.24. The number of benzene rings is 2. The Morgan fingerprint density at radius 1 is 1.25 bits per heavy atom. The molecular weight excluding hydrogens is 463 g/mol. The molecule has 9 heteroatoms. The molecule has 2 aromatic carbocycles. The second kappa shape index (κ2) is 10.8. The summed E-state index contributed by atoms with van der Waals surface area (Å²) < 4.78 is 20.1. The van der Waals surface area contributed by atoms with Crippen molar-refractivity contribution in [2.24, 2.45) is 0 Å². The first kappa shape index (κ1) is 25.3. The van der Waals surface area contributed by atoms with Gasteiger partial charge in [-0.25, -0.2) is 4.39 Å². The average Bonchev–Trinajstić information content (AvgIpc) is 3.20. The van der Waals surface area contributed by atoms with E-state index >= 15 is 0 Å². The molecule has 8 nitrogen and oxygen atoms in total. The number of carbonyl (C=O) groups is 2. The number of carbonyl (C=O) groups excluding carboxylic acids is 2. The van der Waals surface area contributed by atoms with Crippen LogP contribution in [0.5, 0.6) is 0 Å². The Hall–Kier alpha value is -3.82. The summed E-state index contributed by atoms with van der Waals surface area (Å²) in [6, 6.07) is 13.4. The Morgan fingerprint density at radius 3 is 2.72 bits per heavy atom. The molecule has 0 saturated carbocycles. The van der Waals surface area contributed by atoms with E-state index in [1.54, 1.807) is 16.8 Å². The number of aryl methyl sites for hydroxylation is 2. The first-order valence-electron chi connectivity index (χ1n) is 11.6. The lowest BCUT2D eigenvalue weighted by atomic mass is 9.86. The number of nitrogens with zero attached hydrogens (tertiary/aromatic N) is 2. The van der Waals surface area contributed by atoms with Gasteiger partial charge in [-0.05, 0) is 49.2 Å². The molecule has 0 bridgehead atoms. The number of rotatable bonds is 8. The Kier molecular flexibility index (Phi) is 7.61. The van der Waals surface area contributed by atoms with E-state index in [2.05, 4.69) is 15.7 Å². The van der Waals surface area contributed by atoms with Gasteiger partial charge in [0, 0.05) is 48.2 Å². The molecule has 0 aliphatic carbocycles. The highest BCUT2D eigenvalue weighted by molar-refractivity contribution is 6.07. The van der Waals surface area contributed by atoms with Gasteiger partial charge in [0.15, 0.2) is 0 Å². The van der Waals surface area contributed by atoms with Crippen molar-refractivity contribution in [3.63, 3.8) is 0 Å². The van der Waals surface area contributed by atoms with E-state index in [9.17, 15) is 19.1 Å². The van der Waals surface area contributed by atoms with Gasteiger partial charge in [-0.2, -0.15) is 5.10 Å². The summed E-state index contributed by atoms with van der Waals surface area (Å²) in [4.78, 5) is 25.3. The molecule has 1 aliphatic heterocycles. The zero-order valence-electron chi connectivity index (χ0n) is 20.4. The first-order valence-corrected chi connectivity index (χ1v) is 11.6. The maximum absolute atomic E-state index is 13.4. The average molecular weight is 493 g/mol. The summed E-state index contributed by atoms with van der Waals surface area (Å²) in [5.41, 5.74) is 4.95. The number of hydrogen-bond donors (Lipinski definition) is 3. The predicted molar refractivity (Wildman–Crippen MR) is 134 cm³/mol. The second-order valence-electron chi connectivity index (χ2n) is 8.92. The number of halogens is 1. The van der Waals surface area contributed by atoms with Crippen LogP contribution in [0.2, 0.25) is 0 Å². The molecule has 2 atom stereocenters. The molecule has 1 aromatic heterocycles. The summed E-state index contributed by atoms with van der Waals surface area (Å²) in [7, 11) is 1.53. The monoisotopic (exact) mass is 492 g/mol. The van der Waals surface area contributed by atoms with Crippen molar-refractivity contribution < 1.29 is 23.8 Å². The zero-order chi connectivity index (χ0) is 25.8. The normalized spacial score (nSPS) is 16.3. The van der Waals surface area contributed by atoms with Crippen molar-refractivity contribution in [1.29, 1.82) is 0 Å². The molecule has 2 amide bonds. The summed E-state index contributed by atoms with van der Waals surface area (Å²) >= 11 is 0. The molecule has 0 fully saturated rings. The lowest BCUT2D eigenvalue weighted by molar-refractivity contribution is -0.121. The number of ether oxygens (including phenoxy) is 1. The molecule has 3 aromatic rings. The summed E-state index contributed by atoms with van der Waals surface area (Å²) in [6.07, 6.45) is 0.841. The molecular formula is C27H29FN4O4. The fourth-order valence-electron chi connectivity index (χ4n) is 4.22. The van der Waals surface area contributed by atoms with Crippen LogP contribution in [0.4, 0.5) is 10.1 Å². The van der Waals surface area contributed by atoms with Crippen LogP contribution in [0.3, 0.4) is 0 Å². The van der Waals surface area contributed by atoms with Gasteiger partial charge in [0.25, 0.3) is 5.91 Å². The van der Waals surface area contributed by atoms with E-state index < -0.39 is 12.0 Å². The van der Waals surface area contributed by atoms with Crippen molar-refractivity contribution in [3.05, 3.63) is 82.9 Å². The van der Waals surface area contributed by atoms with Crippen LogP contribution in [0.1, 0.15) is 29.2 Å². The second-order valence-corrected chi connectivity index (χ2v) is 8.92. The van der Waals surface area contributed by atoms with Crippen LogP contribution < -0.4 is 10.6 Å². The minimum Gasteiger partial charge on any atom is -0.389 e. The molecule has 4 rings (SSSR count). The van der Waals surface area contributed by atoms with Gasteiger partial charge in [-0.15, -0.1) is 0 Å². The van der Waals surface area contributed by atoms with Crippen LogP contribution in [-0.2, 0) is 20.9 Å². The van der Waals surface area contributed by atoms with Crippen LogP contribution in [0, 0.1) is 19.7 Å². The molecule has 2 unspecified atom stereocenters. The maximum Gasteiger partial charge on any atom is 0.253 e. The third kappa shape index (κ3) is 5.69. The molecule has 1 aliphatic rings. The quantitative estimate of drug-likeness (QED) is 0.447. The molecule has 0 spiro atoms. The topological polar surface area (TPSA) is 105 Å². The summed E-state index contributed by atoms with van der Waals surface area (Å²) in [6.45, 7) is 4.31. The van der Waals surface area contributed by atoms with E-state index in [4.69, 9.17) is 4.74 Å². The highest BCUT2D eigenvalue weighted by Gasteiger charge is 2.29. The van der Waals surface area contributed by atoms with Crippen LogP contribution in [0.25, 0.3) is 11.3 Å². The molecule has 0 saturated heterocycles. The highest BCUT2D eigenvalue weighted by atomic mass is 19.1. The molecule has 188 valence electrons. The number of amides is 2. The standard InChI is InChI=1S/C27H29FN4O4/c1-16-4-5-19(25-10-17(2)32(31-25)14-21(33)15-36-3)11-24(16)30-27(35)23-13-29-26(34)12-22(23)18-6-8-20(28)9-7-18/h4-11,13,21-22,33H,12,14-15H2,1-3H3,(H,29,34)(H,30,35). The largest absolute Gasteiger partial charge is 0.389 e. The number of methoxy groups -OCH3 is 1. The minimum atomic E-state index is -0.673. The number of anilines is 1. The summed E-state index contributed by atoms with van der Waals surface area (Å²) in [5, 5.41) is 20.2. The highest BCUT2D eigenvalue weighted by Crippen LogP contribution is 2.32. The fraction of sp³-hybridized carbons (Fsp3) is 0.296. The molecule has 2 heterocycles. The number of aromatic nitrogens is 2. The predicted octanol–water partition coefficient (Wildman–Crippen LogP) is 3.44. The number of nitrogens with one attached hydrogen (secondary N) is 2. The van der Waals surface area contributed by atoms with Gasteiger partial charge in [-0.1, -0.05) is 24.3 Å². The van der Waals surface area contributed by atoms with Gasteiger partial charge < -0.3 is 20.5 Å². The van der Waals surface area contributed by atoms with Crippen LogP contribution in [-0.4, -0.2) is 46.5 Å². The Labute approximate surface area is 208 Å². The van der Waals surface area contributed by atoms with Gasteiger partial charge in [0.1, 0.15) is 5.82 Å². The van der Waals surface area contributed by atoms with Gasteiger partial charge in [-0.3, -0.25) is 14.3 Å². The maximum atomic E-state index is 13.4. The SMILES string of the molecule is COCC(O)Cn1nc(-c2ccc(C)c(NC(=O)C3=CNC(=O)CC3c3ccc(F)cc3)c2)cc1C. The van der Waals surface area contributed by atoms with Gasteiger partial charge >= 0.3 is 0 Å². The van der Waals surface area contributed by atoms with Crippen molar-refractivity contribution >= 4 is 17.5 Å². The van der Waals surface area contributed by atoms with E-state index in [0.717, 1.165) is 16.8 Å². The number of aliphatic hydroxyl groups excluding tert-OH is 1. The molecule has 36 heavy (non-hydrogen) atoms. The fourth-order valence-corrected chi connectivity index (χ4v) is 4.22. The number of hydrogen-bond acceptors (Lipinski definition) is 5. The van der Waals surface area contributed by atoms with Crippen LogP contribution >= 0.6 is 0 Å². The van der Waals surface area contributed by atoms with Crippen molar-refractivity contribution in [2.45, 2.75) is 38.8 Å². The third-order valence-electron chi connectivity index (χ3n) is 6.19. The van der Waals surface area contributed by atoms with E-state index in [-0.39, 0.29) is 30.7 Å². The smallest absolute Gasteiger partial charge is 0.253 e. The summed E-state index contributed by atoms with van der Waals surface area (Å²) in [5.74, 6) is -1.43. The Balaban J connectivity index is 1.57. The van der Waals surface area contributed by atoms with Gasteiger partial charge in [0.2, 0.25) is 5.91 Å².